The average Bonchev–Trinajstić information content (AvgIpc) is 2.97. The molecule has 8 heteroatoms. The Morgan fingerprint density at radius 2 is 1.89 bits per heavy atom. The number of primary sulfonamides is 1. The molecule has 0 aliphatic carbocycles. The van der Waals surface area contributed by atoms with Gasteiger partial charge in [0.1, 0.15) is 0 Å². The molecule has 140 valence electrons. The van der Waals surface area contributed by atoms with Gasteiger partial charge >= 0.3 is 0 Å². The zero-order chi connectivity index (χ0) is 19.8. The zero-order valence-corrected chi connectivity index (χ0v) is 15.5. The highest BCUT2D eigenvalue weighted by Crippen LogP contribution is 2.38. The maximum absolute atomic E-state index is 12.9. The predicted molar refractivity (Wildman–Crippen MR) is 103 cm³/mol. The third kappa shape index (κ3) is 3.76. The van der Waals surface area contributed by atoms with Crippen LogP contribution in [-0.4, -0.2) is 26.8 Å². The van der Waals surface area contributed by atoms with Crippen molar-refractivity contribution in [3.63, 3.8) is 0 Å². The highest BCUT2D eigenvalue weighted by atomic mass is 32.2. The number of nitrogens with one attached hydrogen (secondary N) is 1. The van der Waals surface area contributed by atoms with Crippen molar-refractivity contribution in [1.82, 2.24) is 0 Å². The normalized spacial score (nSPS) is 15.9. The molecule has 3 N–H and O–H groups in total. The van der Waals surface area contributed by atoms with Crippen LogP contribution in [0, 0.1) is 0 Å². The van der Waals surface area contributed by atoms with Gasteiger partial charge < -0.3 is 10.2 Å². The molecule has 2 aromatic carbocycles. The van der Waals surface area contributed by atoms with Gasteiger partial charge in [-0.1, -0.05) is 19.6 Å². The van der Waals surface area contributed by atoms with Crippen LogP contribution in [0.5, 0.6) is 0 Å². The quantitative estimate of drug-likeness (QED) is 0.786. The predicted octanol–water partition coefficient (Wildman–Crippen LogP) is 2.22. The highest BCUT2D eigenvalue weighted by molar-refractivity contribution is 7.89. The van der Waals surface area contributed by atoms with Gasteiger partial charge in [0.05, 0.1) is 4.90 Å². The molecule has 0 spiro atoms. The third-order valence-electron chi connectivity index (χ3n) is 4.44. The molecule has 3 rings (SSSR count). The van der Waals surface area contributed by atoms with Crippen LogP contribution in [0.3, 0.4) is 0 Å². The highest BCUT2D eigenvalue weighted by Gasteiger charge is 2.31. The van der Waals surface area contributed by atoms with E-state index < -0.39 is 10.0 Å². The van der Waals surface area contributed by atoms with Gasteiger partial charge in [-0.05, 0) is 48.0 Å². The smallest absolute Gasteiger partial charge is 0.258 e. The first-order chi connectivity index (χ1) is 12.7. The lowest BCUT2D eigenvalue weighted by molar-refractivity contribution is -0.111. The molecule has 0 aromatic heterocycles. The van der Waals surface area contributed by atoms with Crippen LogP contribution in [0.2, 0.25) is 0 Å². The Bertz CT molecular complexity index is 1030. The summed E-state index contributed by atoms with van der Waals surface area (Å²) in [5, 5.41) is 7.82. The summed E-state index contributed by atoms with van der Waals surface area (Å²) in [5.74, 6) is -0.523. The van der Waals surface area contributed by atoms with Crippen molar-refractivity contribution in [2.45, 2.75) is 17.7 Å². The van der Waals surface area contributed by atoms with E-state index >= 15 is 0 Å². The van der Waals surface area contributed by atoms with Crippen molar-refractivity contribution in [3.05, 3.63) is 66.2 Å². The molecule has 1 aliphatic rings. The zero-order valence-electron chi connectivity index (χ0n) is 14.7. The van der Waals surface area contributed by atoms with E-state index in [-0.39, 0.29) is 22.6 Å². The number of benzene rings is 2. The second kappa shape index (κ2) is 6.98. The second-order valence-electron chi connectivity index (χ2n) is 6.35. The summed E-state index contributed by atoms with van der Waals surface area (Å²) in [6.07, 6.45) is 1.16. The largest absolute Gasteiger partial charge is 0.323 e. The van der Waals surface area contributed by atoms with Gasteiger partial charge in [-0.3, -0.25) is 9.59 Å². The Kier molecular flexibility index (Phi) is 4.86. The Hall–Kier alpha value is -2.97. The molecule has 1 aliphatic heterocycles. The maximum Gasteiger partial charge on any atom is 0.258 e. The molecule has 7 nitrogen and oxygen atoms in total. The number of rotatable bonds is 4. The minimum absolute atomic E-state index is 0.0318. The van der Waals surface area contributed by atoms with E-state index in [1.54, 1.807) is 35.2 Å². The van der Waals surface area contributed by atoms with Crippen LogP contribution >= 0.6 is 0 Å². The first-order valence-corrected chi connectivity index (χ1v) is 9.77. The summed E-state index contributed by atoms with van der Waals surface area (Å²) < 4.78 is 23.3. The van der Waals surface area contributed by atoms with E-state index in [9.17, 15) is 18.0 Å². The number of hydrogen-bond donors (Lipinski definition) is 2. The fourth-order valence-corrected chi connectivity index (χ4v) is 3.59. The number of hydrogen-bond acceptors (Lipinski definition) is 4. The number of carbonyl (C=O) groups is 2. The van der Waals surface area contributed by atoms with Crippen molar-refractivity contribution in [2.24, 2.45) is 5.14 Å². The Morgan fingerprint density at radius 3 is 2.48 bits per heavy atom. The van der Waals surface area contributed by atoms with Gasteiger partial charge in [0.25, 0.3) is 5.91 Å². The lowest BCUT2D eigenvalue weighted by atomic mass is 10.0. The van der Waals surface area contributed by atoms with Crippen LogP contribution in [0.15, 0.2) is 60.0 Å². The number of fused-ring (bicyclic) bond motifs is 1. The molecule has 2 aromatic rings. The van der Waals surface area contributed by atoms with Gasteiger partial charge in [-0.2, -0.15) is 0 Å². The summed E-state index contributed by atoms with van der Waals surface area (Å²) >= 11 is 0. The summed E-state index contributed by atoms with van der Waals surface area (Å²) in [7, 11) is -3.86. The van der Waals surface area contributed by atoms with E-state index in [2.05, 4.69) is 11.9 Å². The van der Waals surface area contributed by atoms with Gasteiger partial charge in [0.2, 0.25) is 15.9 Å². The monoisotopic (exact) mass is 385 g/mol. The second-order valence-corrected chi connectivity index (χ2v) is 7.91. The summed E-state index contributed by atoms with van der Waals surface area (Å²) in [5.41, 5.74) is 2.41. The molecule has 0 saturated heterocycles. The fraction of sp³-hybridized carbons (Fsp3) is 0.158. The van der Waals surface area contributed by atoms with Crippen LogP contribution in [0.25, 0.3) is 0 Å². The minimum atomic E-state index is -3.86. The van der Waals surface area contributed by atoms with Crippen LogP contribution in [0.4, 0.5) is 11.4 Å². The Labute approximate surface area is 157 Å². The van der Waals surface area contributed by atoms with Crippen LogP contribution in [-0.2, 0) is 14.8 Å². The molecule has 0 radical (unpaired) electrons. The molecular formula is C19H19N3O4S. The molecule has 27 heavy (non-hydrogen) atoms. The first-order valence-electron chi connectivity index (χ1n) is 8.23. The van der Waals surface area contributed by atoms with Crippen LogP contribution < -0.4 is 15.4 Å². The molecular weight excluding hydrogens is 366 g/mol. The van der Waals surface area contributed by atoms with E-state index in [0.29, 0.717) is 23.5 Å². The molecule has 1 heterocycles. The molecule has 1 atom stereocenters. The van der Waals surface area contributed by atoms with Gasteiger partial charge in [-0.15, -0.1) is 0 Å². The standard InChI is InChI=1S/C19H19N3O4S/c1-3-18(23)21-14-6-4-13(5-7-14)19(24)22-11-12(2)16-9-8-15(10-17(16)22)27(20,25)26/h3-10,12H,1,11H2,2H3,(H,21,23)(H2,20,25,26). The van der Waals surface area contributed by atoms with Crippen LogP contribution in [0.1, 0.15) is 28.8 Å². The topological polar surface area (TPSA) is 110 Å². The van der Waals surface area contributed by atoms with Gasteiger partial charge in [0.15, 0.2) is 0 Å². The van der Waals surface area contributed by atoms with Crippen molar-refractivity contribution in [2.75, 3.05) is 16.8 Å². The average molecular weight is 385 g/mol. The number of carbonyl (C=O) groups excluding carboxylic acids is 2. The SMILES string of the molecule is C=CC(=O)Nc1ccc(C(=O)N2CC(C)c3ccc(S(N)(=O)=O)cc32)cc1. The van der Waals surface area contributed by atoms with E-state index in [4.69, 9.17) is 5.14 Å². The lowest BCUT2D eigenvalue weighted by Gasteiger charge is -2.18. The molecule has 1 unspecified atom stereocenters. The van der Waals surface area contributed by atoms with Crippen molar-refractivity contribution < 1.29 is 18.0 Å². The number of amides is 2. The van der Waals surface area contributed by atoms with Gasteiger partial charge in [-0.25, -0.2) is 13.6 Å². The van der Waals surface area contributed by atoms with E-state index in [0.717, 1.165) is 11.6 Å². The first kappa shape index (κ1) is 18.8. The Morgan fingerprint density at radius 1 is 1.22 bits per heavy atom. The number of nitrogens with two attached hydrogens (primary N) is 1. The summed E-state index contributed by atoms with van der Waals surface area (Å²) in [6, 6.07) is 11.0. The maximum atomic E-state index is 12.9. The molecule has 0 fully saturated rings. The fourth-order valence-electron chi connectivity index (χ4n) is 3.06. The summed E-state index contributed by atoms with van der Waals surface area (Å²) in [6.45, 7) is 5.79. The van der Waals surface area contributed by atoms with Crippen molar-refractivity contribution >= 4 is 33.2 Å². The molecule has 0 saturated carbocycles. The van der Waals surface area contributed by atoms with E-state index in [1.807, 2.05) is 6.92 Å². The molecule has 0 bridgehead atoms. The van der Waals surface area contributed by atoms with E-state index in [1.165, 1.54) is 12.1 Å². The summed E-state index contributed by atoms with van der Waals surface area (Å²) in [4.78, 5) is 25.8. The minimum Gasteiger partial charge on any atom is -0.323 e. The number of nitrogens with zero attached hydrogens (tertiary/aromatic N) is 1. The Balaban J connectivity index is 1.91. The van der Waals surface area contributed by atoms with Gasteiger partial charge in [0, 0.05) is 29.4 Å². The number of sulfonamides is 1. The lowest BCUT2D eigenvalue weighted by Crippen LogP contribution is -2.29. The number of anilines is 2. The van der Waals surface area contributed by atoms with Crippen molar-refractivity contribution in [1.29, 1.82) is 0 Å². The van der Waals surface area contributed by atoms with Crippen molar-refractivity contribution in [3.8, 4) is 0 Å². The third-order valence-corrected chi connectivity index (χ3v) is 5.35. The molecule has 2 amide bonds.